The summed E-state index contributed by atoms with van der Waals surface area (Å²) in [5, 5.41) is 21.7. The number of hydrogen-bond acceptors (Lipinski definition) is 6. The highest BCUT2D eigenvalue weighted by Crippen LogP contribution is 2.29. The number of unbranched alkanes of at least 4 members (excludes halogenated alkanes) is 1. The number of aliphatic hydroxyl groups is 1. The highest BCUT2D eigenvalue weighted by atomic mass is 16.5. The van der Waals surface area contributed by atoms with Crippen LogP contribution in [0.2, 0.25) is 0 Å². The van der Waals surface area contributed by atoms with E-state index in [2.05, 4.69) is 27.3 Å². The van der Waals surface area contributed by atoms with Gasteiger partial charge in [-0.15, -0.1) is 5.10 Å². The van der Waals surface area contributed by atoms with Gasteiger partial charge >= 0.3 is 0 Å². The molecule has 1 amide bonds. The van der Waals surface area contributed by atoms with E-state index in [-0.39, 0.29) is 18.2 Å². The number of aromatic nitrogens is 2. The van der Waals surface area contributed by atoms with Gasteiger partial charge < -0.3 is 20.1 Å². The van der Waals surface area contributed by atoms with Crippen molar-refractivity contribution >= 4 is 5.91 Å². The molecule has 2 N–H and O–H groups in total. The standard InChI is InChI=1S/C27H38N4O3/c1-3-4-10-24-23(20-11-13-22(14-12-20)34-21-8-6-5-7-9-21)17-25(30-29-24)26(33)28-27(19-32)15-16-31(2)18-27/h11-14,17,21,32H,3-10,15-16,18-19H2,1-2H3,(H,28,33). The molecule has 1 saturated heterocycles. The smallest absolute Gasteiger partial charge is 0.272 e. The molecule has 1 aliphatic heterocycles. The van der Waals surface area contributed by atoms with Crippen LogP contribution in [0.1, 0.15) is 74.5 Å². The quantitative estimate of drug-likeness (QED) is 0.581. The number of rotatable bonds is 9. The molecular formula is C27H38N4O3. The third kappa shape index (κ3) is 5.94. The van der Waals surface area contributed by atoms with E-state index in [9.17, 15) is 9.90 Å². The summed E-state index contributed by atoms with van der Waals surface area (Å²) in [5.41, 5.74) is 2.48. The lowest BCUT2D eigenvalue weighted by atomic mass is 9.97. The number of likely N-dealkylation sites (tertiary alicyclic amines) is 1. The molecule has 2 heterocycles. The Bertz CT molecular complexity index is 959. The summed E-state index contributed by atoms with van der Waals surface area (Å²) in [6.07, 6.45) is 9.94. The van der Waals surface area contributed by atoms with Crippen LogP contribution in [0.5, 0.6) is 5.75 Å². The van der Waals surface area contributed by atoms with Crippen molar-refractivity contribution in [2.24, 2.45) is 0 Å². The van der Waals surface area contributed by atoms with Crippen LogP contribution in [-0.2, 0) is 6.42 Å². The summed E-state index contributed by atoms with van der Waals surface area (Å²) in [7, 11) is 1.99. The van der Waals surface area contributed by atoms with E-state index in [1.807, 2.05) is 37.4 Å². The minimum Gasteiger partial charge on any atom is -0.490 e. The van der Waals surface area contributed by atoms with Gasteiger partial charge in [-0.1, -0.05) is 31.9 Å². The molecule has 0 bridgehead atoms. The van der Waals surface area contributed by atoms with Gasteiger partial charge in [-0.05, 0) is 75.8 Å². The number of benzene rings is 1. The second-order valence-corrected chi connectivity index (χ2v) is 9.98. The first-order valence-electron chi connectivity index (χ1n) is 12.8. The van der Waals surface area contributed by atoms with Crippen LogP contribution in [0.25, 0.3) is 11.1 Å². The van der Waals surface area contributed by atoms with E-state index in [1.54, 1.807) is 0 Å². The fourth-order valence-corrected chi connectivity index (χ4v) is 5.05. The van der Waals surface area contributed by atoms with E-state index in [0.29, 0.717) is 19.1 Å². The molecule has 2 fully saturated rings. The highest BCUT2D eigenvalue weighted by molar-refractivity contribution is 5.94. The molecule has 1 aromatic heterocycles. The maximum absolute atomic E-state index is 13.1. The first-order chi connectivity index (χ1) is 16.5. The topological polar surface area (TPSA) is 87.6 Å². The van der Waals surface area contributed by atoms with Crippen LogP contribution in [-0.4, -0.2) is 64.5 Å². The second-order valence-electron chi connectivity index (χ2n) is 9.98. The first kappa shape index (κ1) is 24.6. The molecule has 1 saturated carbocycles. The van der Waals surface area contributed by atoms with Gasteiger partial charge in [0.15, 0.2) is 5.69 Å². The highest BCUT2D eigenvalue weighted by Gasteiger charge is 2.38. The summed E-state index contributed by atoms with van der Waals surface area (Å²) < 4.78 is 6.19. The molecule has 7 nitrogen and oxygen atoms in total. The van der Waals surface area contributed by atoms with Gasteiger partial charge in [0.2, 0.25) is 0 Å². The van der Waals surface area contributed by atoms with Crippen molar-refractivity contribution in [3.8, 4) is 16.9 Å². The molecule has 1 unspecified atom stereocenters. The van der Waals surface area contributed by atoms with E-state index >= 15 is 0 Å². The molecule has 2 aliphatic rings. The minimum absolute atomic E-state index is 0.0968. The summed E-state index contributed by atoms with van der Waals surface area (Å²) in [6, 6.07) is 9.97. The molecule has 4 rings (SSSR count). The lowest BCUT2D eigenvalue weighted by Gasteiger charge is -2.27. The van der Waals surface area contributed by atoms with Crippen molar-refractivity contribution in [3.05, 3.63) is 41.7 Å². The zero-order valence-corrected chi connectivity index (χ0v) is 20.6. The SMILES string of the molecule is CCCCc1nnc(C(=O)NC2(CO)CCN(C)C2)cc1-c1ccc(OC2CCCCC2)cc1. The van der Waals surface area contributed by atoms with Crippen LogP contribution < -0.4 is 10.1 Å². The molecule has 1 aliphatic carbocycles. The summed E-state index contributed by atoms with van der Waals surface area (Å²) in [4.78, 5) is 15.2. The van der Waals surface area contributed by atoms with Crippen LogP contribution in [0.3, 0.4) is 0 Å². The number of carbonyl (C=O) groups is 1. The summed E-state index contributed by atoms with van der Waals surface area (Å²) in [6.45, 7) is 3.51. The van der Waals surface area contributed by atoms with E-state index < -0.39 is 5.54 Å². The van der Waals surface area contributed by atoms with Gasteiger partial charge in [0.1, 0.15) is 5.75 Å². The number of carbonyl (C=O) groups excluding carboxylic acids is 1. The summed E-state index contributed by atoms with van der Waals surface area (Å²) >= 11 is 0. The number of aryl methyl sites for hydroxylation is 1. The van der Waals surface area contributed by atoms with E-state index in [1.165, 1.54) is 19.3 Å². The van der Waals surface area contributed by atoms with Crippen molar-refractivity contribution < 1.29 is 14.6 Å². The molecular weight excluding hydrogens is 428 g/mol. The zero-order valence-electron chi connectivity index (χ0n) is 20.6. The van der Waals surface area contributed by atoms with Gasteiger partial charge in [-0.2, -0.15) is 5.10 Å². The van der Waals surface area contributed by atoms with Crippen molar-refractivity contribution in [1.82, 2.24) is 20.4 Å². The molecule has 1 atom stereocenters. The Hall–Kier alpha value is -2.51. The van der Waals surface area contributed by atoms with Crippen molar-refractivity contribution in [3.63, 3.8) is 0 Å². The largest absolute Gasteiger partial charge is 0.490 e. The molecule has 184 valence electrons. The molecule has 0 spiro atoms. The monoisotopic (exact) mass is 466 g/mol. The number of amides is 1. The zero-order chi connectivity index (χ0) is 24.0. The number of hydrogen-bond donors (Lipinski definition) is 2. The number of aliphatic hydroxyl groups excluding tert-OH is 1. The number of nitrogens with zero attached hydrogens (tertiary/aromatic N) is 3. The van der Waals surface area contributed by atoms with Crippen LogP contribution in [0, 0.1) is 0 Å². The van der Waals surface area contributed by atoms with E-state index in [0.717, 1.165) is 61.2 Å². The molecule has 0 radical (unpaired) electrons. The Morgan fingerprint density at radius 1 is 1.21 bits per heavy atom. The Balaban J connectivity index is 1.55. The van der Waals surface area contributed by atoms with Crippen molar-refractivity contribution in [1.29, 1.82) is 0 Å². The molecule has 1 aromatic carbocycles. The average Bonchev–Trinajstić information content (AvgIpc) is 3.24. The molecule has 7 heteroatoms. The number of likely N-dealkylation sites (N-methyl/N-ethyl adjacent to an activating group) is 1. The first-order valence-corrected chi connectivity index (χ1v) is 12.8. The van der Waals surface area contributed by atoms with Gasteiger partial charge in [0, 0.05) is 18.7 Å². The second kappa shape index (κ2) is 11.3. The van der Waals surface area contributed by atoms with Gasteiger partial charge in [0.05, 0.1) is 23.9 Å². The van der Waals surface area contributed by atoms with Crippen LogP contribution in [0.15, 0.2) is 30.3 Å². The molecule has 2 aromatic rings. The predicted molar refractivity (Wildman–Crippen MR) is 133 cm³/mol. The average molecular weight is 467 g/mol. The van der Waals surface area contributed by atoms with Crippen molar-refractivity contribution in [2.45, 2.75) is 76.4 Å². The minimum atomic E-state index is -0.632. The van der Waals surface area contributed by atoms with Gasteiger partial charge in [-0.3, -0.25) is 4.79 Å². The third-order valence-electron chi connectivity index (χ3n) is 7.12. The number of ether oxygens (including phenoxy) is 1. The Morgan fingerprint density at radius 3 is 2.62 bits per heavy atom. The lowest BCUT2D eigenvalue weighted by molar-refractivity contribution is 0.0836. The fraction of sp³-hybridized carbons (Fsp3) is 0.593. The van der Waals surface area contributed by atoms with Crippen LogP contribution in [0.4, 0.5) is 0 Å². The Kier molecular flexibility index (Phi) is 8.16. The van der Waals surface area contributed by atoms with Gasteiger partial charge in [-0.25, -0.2) is 0 Å². The van der Waals surface area contributed by atoms with Crippen LogP contribution >= 0.6 is 0 Å². The number of nitrogens with one attached hydrogen (secondary N) is 1. The Morgan fingerprint density at radius 2 is 1.97 bits per heavy atom. The lowest BCUT2D eigenvalue weighted by Crippen LogP contribution is -2.53. The van der Waals surface area contributed by atoms with E-state index in [4.69, 9.17) is 4.74 Å². The summed E-state index contributed by atoms with van der Waals surface area (Å²) in [5.74, 6) is 0.596. The Labute approximate surface area is 202 Å². The molecule has 34 heavy (non-hydrogen) atoms. The normalized spacial score (nSPS) is 21.5. The third-order valence-corrected chi connectivity index (χ3v) is 7.12. The van der Waals surface area contributed by atoms with Crippen molar-refractivity contribution in [2.75, 3.05) is 26.7 Å². The fourth-order valence-electron chi connectivity index (χ4n) is 5.05. The predicted octanol–water partition coefficient (Wildman–Crippen LogP) is 3.99. The maximum atomic E-state index is 13.1. The maximum Gasteiger partial charge on any atom is 0.272 e. The van der Waals surface area contributed by atoms with Gasteiger partial charge in [0.25, 0.3) is 5.91 Å².